The molecule has 0 radical (unpaired) electrons. The SMILES string of the molecule is Nc1ccc(N)cc1.Nc1ccc2ccc3cccc4ccc1c2c34. The summed E-state index contributed by atoms with van der Waals surface area (Å²) in [5, 5.41) is 7.61. The molecule has 6 N–H and O–H groups in total. The van der Waals surface area contributed by atoms with Crippen molar-refractivity contribution >= 4 is 49.4 Å². The van der Waals surface area contributed by atoms with E-state index in [0.29, 0.717) is 0 Å². The van der Waals surface area contributed by atoms with E-state index in [-0.39, 0.29) is 0 Å². The van der Waals surface area contributed by atoms with Crippen LogP contribution in [0.25, 0.3) is 32.3 Å². The Labute approximate surface area is 146 Å². The van der Waals surface area contributed by atoms with Gasteiger partial charge < -0.3 is 17.2 Å². The molecule has 3 nitrogen and oxygen atoms in total. The number of rotatable bonds is 0. The minimum absolute atomic E-state index is 0.749. The number of anilines is 3. The van der Waals surface area contributed by atoms with E-state index in [9.17, 15) is 0 Å². The summed E-state index contributed by atoms with van der Waals surface area (Å²) in [5.74, 6) is 0. The molecule has 3 heteroatoms. The fraction of sp³-hybridized carbons (Fsp3) is 0. The van der Waals surface area contributed by atoms with Crippen molar-refractivity contribution in [2.45, 2.75) is 0 Å². The Morgan fingerprint density at radius 3 is 1.52 bits per heavy atom. The first-order valence-electron chi connectivity index (χ1n) is 8.16. The lowest BCUT2D eigenvalue weighted by Gasteiger charge is -2.11. The van der Waals surface area contributed by atoms with Crippen LogP contribution >= 0.6 is 0 Å². The van der Waals surface area contributed by atoms with Crippen molar-refractivity contribution in [1.29, 1.82) is 0 Å². The third-order valence-electron chi connectivity index (χ3n) is 4.50. The first kappa shape index (κ1) is 15.1. The third kappa shape index (κ3) is 2.66. The summed E-state index contributed by atoms with van der Waals surface area (Å²) in [5.41, 5.74) is 19.2. The quantitative estimate of drug-likeness (QED) is 0.276. The Morgan fingerprint density at radius 1 is 0.440 bits per heavy atom. The maximum atomic E-state index is 6.07. The number of hydrogen-bond donors (Lipinski definition) is 3. The van der Waals surface area contributed by atoms with Gasteiger partial charge in [-0.05, 0) is 57.3 Å². The van der Waals surface area contributed by atoms with Gasteiger partial charge >= 0.3 is 0 Å². The molecule has 0 aliphatic carbocycles. The zero-order valence-corrected chi connectivity index (χ0v) is 13.7. The van der Waals surface area contributed by atoms with Crippen LogP contribution in [0.4, 0.5) is 17.1 Å². The van der Waals surface area contributed by atoms with Crippen LogP contribution in [0, 0.1) is 0 Å². The summed E-state index contributed by atoms with van der Waals surface area (Å²) >= 11 is 0. The molecule has 0 aliphatic heterocycles. The van der Waals surface area contributed by atoms with Gasteiger partial charge in [0.05, 0.1) is 0 Å². The van der Waals surface area contributed by atoms with E-state index in [0.717, 1.165) is 22.4 Å². The summed E-state index contributed by atoms with van der Waals surface area (Å²) in [6.07, 6.45) is 0. The topological polar surface area (TPSA) is 78.1 Å². The Morgan fingerprint density at radius 2 is 0.920 bits per heavy atom. The fourth-order valence-electron chi connectivity index (χ4n) is 3.25. The zero-order chi connectivity index (χ0) is 17.4. The van der Waals surface area contributed by atoms with Crippen molar-refractivity contribution < 1.29 is 0 Å². The van der Waals surface area contributed by atoms with Crippen LogP contribution in [0.3, 0.4) is 0 Å². The molecule has 5 rings (SSSR count). The molecule has 0 atom stereocenters. The van der Waals surface area contributed by atoms with Gasteiger partial charge in [0.1, 0.15) is 0 Å². The molecule has 0 saturated heterocycles. The first-order chi connectivity index (χ1) is 12.1. The van der Waals surface area contributed by atoms with E-state index in [1.165, 1.54) is 26.9 Å². The standard InChI is InChI=1S/C16H11N.C6H8N2/c17-14-9-7-12-5-4-10-2-1-3-11-6-8-13(14)16(12)15(10)11;7-5-1-2-6(8)4-3-5/h1-9H,17H2;1-4H,7-8H2. The van der Waals surface area contributed by atoms with E-state index < -0.39 is 0 Å². The van der Waals surface area contributed by atoms with E-state index in [2.05, 4.69) is 48.5 Å². The molecule has 0 amide bonds. The minimum atomic E-state index is 0.749. The number of hydrogen-bond acceptors (Lipinski definition) is 3. The van der Waals surface area contributed by atoms with Crippen molar-refractivity contribution in [3.63, 3.8) is 0 Å². The van der Waals surface area contributed by atoms with Gasteiger partial charge in [-0.15, -0.1) is 0 Å². The summed E-state index contributed by atoms with van der Waals surface area (Å²) in [4.78, 5) is 0. The van der Waals surface area contributed by atoms with Crippen molar-refractivity contribution in [3.8, 4) is 0 Å². The van der Waals surface area contributed by atoms with Gasteiger partial charge in [-0.3, -0.25) is 0 Å². The van der Waals surface area contributed by atoms with Crippen LogP contribution in [0.5, 0.6) is 0 Å². The second-order valence-electron chi connectivity index (χ2n) is 6.18. The fourth-order valence-corrected chi connectivity index (χ4v) is 3.25. The van der Waals surface area contributed by atoms with Gasteiger partial charge in [0.2, 0.25) is 0 Å². The monoisotopic (exact) mass is 325 g/mol. The van der Waals surface area contributed by atoms with Gasteiger partial charge in [-0.1, -0.05) is 48.5 Å². The normalized spacial score (nSPS) is 10.9. The average Bonchev–Trinajstić information content (AvgIpc) is 2.64. The highest BCUT2D eigenvalue weighted by atomic mass is 14.6. The van der Waals surface area contributed by atoms with Crippen LogP contribution in [0.1, 0.15) is 0 Å². The summed E-state index contributed by atoms with van der Waals surface area (Å²) < 4.78 is 0. The number of nitrogens with two attached hydrogens (primary N) is 3. The lowest BCUT2D eigenvalue weighted by Crippen LogP contribution is -1.89. The second-order valence-corrected chi connectivity index (χ2v) is 6.18. The van der Waals surface area contributed by atoms with Crippen LogP contribution in [0.15, 0.2) is 78.9 Å². The maximum Gasteiger partial charge on any atom is 0.0394 e. The summed E-state index contributed by atoms with van der Waals surface area (Å²) in [7, 11) is 0. The Hall–Kier alpha value is -3.46. The number of benzene rings is 5. The molecule has 0 bridgehead atoms. The van der Waals surface area contributed by atoms with Gasteiger partial charge in [0.25, 0.3) is 0 Å². The molecular formula is C22H19N3. The number of nitrogen functional groups attached to an aromatic ring is 3. The molecule has 122 valence electrons. The Balaban J connectivity index is 0.000000166. The molecule has 25 heavy (non-hydrogen) atoms. The van der Waals surface area contributed by atoms with E-state index in [4.69, 9.17) is 17.2 Å². The van der Waals surface area contributed by atoms with E-state index in [1.807, 2.05) is 6.07 Å². The van der Waals surface area contributed by atoms with E-state index in [1.54, 1.807) is 24.3 Å². The summed E-state index contributed by atoms with van der Waals surface area (Å²) in [6, 6.07) is 26.2. The minimum Gasteiger partial charge on any atom is -0.399 e. The first-order valence-corrected chi connectivity index (χ1v) is 8.16. The molecule has 0 aromatic heterocycles. The smallest absolute Gasteiger partial charge is 0.0394 e. The van der Waals surface area contributed by atoms with Gasteiger partial charge in [-0.2, -0.15) is 0 Å². The molecule has 0 saturated carbocycles. The third-order valence-corrected chi connectivity index (χ3v) is 4.50. The van der Waals surface area contributed by atoms with Gasteiger partial charge in [-0.25, -0.2) is 0 Å². The predicted octanol–water partition coefficient (Wildman–Crippen LogP) is 5.02. The van der Waals surface area contributed by atoms with Crippen molar-refractivity contribution in [2.75, 3.05) is 17.2 Å². The lowest BCUT2D eigenvalue weighted by atomic mass is 9.94. The molecule has 0 unspecified atom stereocenters. The van der Waals surface area contributed by atoms with Gasteiger partial charge in [0, 0.05) is 22.4 Å². The maximum absolute atomic E-state index is 6.07. The summed E-state index contributed by atoms with van der Waals surface area (Å²) in [6.45, 7) is 0. The van der Waals surface area contributed by atoms with Crippen molar-refractivity contribution in [3.05, 3.63) is 78.9 Å². The molecule has 0 spiro atoms. The van der Waals surface area contributed by atoms with Crippen molar-refractivity contribution in [2.24, 2.45) is 0 Å². The van der Waals surface area contributed by atoms with E-state index >= 15 is 0 Å². The largest absolute Gasteiger partial charge is 0.399 e. The predicted molar refractivity (Wildman–Crippen MR) is 110 cm³/mol. The lowest BCUT2D eigenvalue weighted by molar-refractivity contribution is 1.67. The zero-order valence-electron chi connectivity index (χ0n) is 13.7. The molecule has 0 heterocycles. The highest BCUT2D eigenvalue weighted by Gasteiger charge is 2.08. The van der Waals surface area contributed by atoms with Crippen molar-refractivity contribution in [1.82, 2.24) is 0 Å². The Kier molecular flexibility index (Phi) is 3.55. The van der Waals surface area contributed by atoms with Crippen LogP contribution in [-0.2, 0) is 0 Å². The molecule has 5 aromatic rings. The molecule has 5 aromatic carbocycles. The van der Waals surface area contributed by atoms with Crippen LogP contribution in [0.2, 0.25) is 0 Å². The average molecular weight is 325 g/mol. The second kappa shape index (κ2) is 5.87. The van der Waals surface area contributed by atoms with Gasteiger partial charge in [0.15, 0.2) is 0 Å². The molecule has 0 fully saturated rings. The van der Waals surface area contributed by atoms with Crippen LogP contribution < -0.4 is 17.2 Å². The highest BCUT2D eigenvalue weighted by molar-refractivity contribution is 6.24. The highest BCUT2D eigenvalue weighted by Crippen LogP contribution is 2.36. The van der Waals surface area contributed by atoms with Crippen LogP contribution in [-0.4, -0.2) is 0 Å². The molecule has 0 aliphatic rings. The molecular weight excluding hydrogens is 306 g/mol. The Bertz CT molecular complexity index is 1120.